The van der Waals surface area contributed by atoms with Crippen LogP contribution in [0.1, 0.15) is 43.4 Å². The minimum atomic E-state index is 0.207. The number of unbranched alkanes of at least 4 members (excludes halogenated alkanes) is 1. The van der Waals surface area contributed by atoms with Crippen LogP contribution in [0.3, 0.4) is 0 Å². The Bertz CT molecular complexity index is 346. The van der Waals surface area contributed by atoms with Gasteiger partial charge in [0.25, 0.3) is 0 Å². The fourth-order valence-corrected chi connectivity index (χ4v) is 2.13. The Hall–Kier alpha value is -0.890. The molecular formula is C12H14OS. The van der Waals surface area contributed by atoms with E-state index in [1.807, 2.05) is 12.1 Å². The molecule has 0 bridgehead atoms. The first-order valence-corrected chi connectivity index (χ1v) is 5.53. The van der Waals surface area contributed by atoms with Crippen LogP contribution in [-0.4, -0.2) is 5.05 Å². The molecule has 1 heterocycles. The lowest BCUT2D eigenvalue weighted by atomic mass is 10.0. The summed E-state index contributed by atoms with van der Waals surface area (Å²) in [7, 11) is 0. The largest absolute Gasteiger partial charge is 0.475 e. The molecule has 2 heteroatoms. The fraction of sp³-hybridized carbons (Fsp3) is 0.417. The fourth-order valence-electron chi connectivity index (χ4n) is 1.82. The first-order valence-electron chi connectivity index (χ1n) is 5.13. The van der Waals surface area contributed by atoms with Crippen molar-refractivity contribution in [2.24, 2.45) is 0 Å². The van der Waals surface area contributed by atoms with E-state index >= 15 is 0 Å². The third-order valence-electron chi connectivity index (χ3n) is 2.60. The molecule has 0 spiro atoms. The van der Waals surface area contributed by atoms with Crippen molar-refractivity contribution in [1.82, 2.24) is 0 Å². The molecule has 0 aliphatic carbocycles. The SMILES string of the molecule is CCCCC1OC(=S)c2ccccc21. The van der Waals surface area contributed by atoms with Crippen molar-refractivity contribution in [3.8, 4) is 0 Å². The highest BCUT2D eigenvalue weighted by atomic mass is 32.1. The number of thiocarbonyl (C=S) groups is 1. The number of benzene rings is 1. The molecule has 1 aliphatic rings. The smallest absolute Gasteiger partial charge is 0.192 e. The third kappa shape index (κ3) is 1.67. The lowest BCUT2D eigenvalue weighted by molar-refractivity contribution is 0.200. The maximum Gasteiger partial charge on any atom is 0.192 e. The van der Waals surface area contributed by atoms with Crippen LogP contribution in [0.2, 0.25) is 0 Å². The van der Waals surface area contributed by atoms with Gasteiger partial charge in [-0.05, 0) is 31.1 Å². The lowest BCUT2D eigenvalue weighted by Crippen LogP contribution is -1.97. The summed E-state index contributed by atoms with van der Waals surface area (Å²) < 4.78 is 5.67. The van der Waals surface area contributed by atoms with Crippen molar-refractivity contribution in [3.05, 3.63) is 35.4 Å². The van der Waals surface area contributed by atoms with Crippen molar-refractivity contribution < 1.29 is 4.74 Å². The summed E-state index contributed by atoms with van der Waals surface area (Å²) in [6.45, 7) is 2.19. The molecule has 1 nitrogen and oxygen atoms in total. The van der Waals surface area contributed by atoms with Crippen LogP contribution in [0, 0.1) is 0 Å². The molecule has 74 valence electrons. The van der Waals surface area contributed by atoms with Gasteiger partial charge in [-0.25, -0.2) is 0 Å². The Labute approximate surface area is 90.1 Å². The molecular weight excluding hydrogens is 192 g/mol. The third-order valence-corrected chi connectivity index (χ3v) is 2.91. The monoisotopic (exact) mass is 206 g/mol. The maximum atomic E-state index is 5.67. The van der Waals surface area contributed by atoms with E-state index < -0.39 is 0 Å². The Morgan fingerprint density at radius 2 is 2.14 bits per heavy atom. The van der Waals surface area contributed by atoms with Gasteiger partial charge in [-0.15, -0.1) is 0 Å². The van der Waals surface area contributed by atoms with E-state index in [0.717, 1.165) is 12.0 Å². The summed E-state index contributed by atoms with van der Waals surface area (Å²) in [4.78, 5) is 0. The molecule has 0 radical (unpaired) electrons. The van der Waals surface area contributed by atoms with Crippen molar-refractivity contribution in [2.45, 2.75) is 32.3 Å². The van der Waals surface area contributed by atoms with Crippen molar-refractivity contribution in [3.63, 3.8) is 0 Å². The van der Waals surface area contributed by atoms with E-state index in [4.69, 9.17) is 17.0 Å². The van der Waals surface area contributed by atoms with Gasteiger partial charge >= 0.3 is 0 Å². The van der Waals surface area contributed by atoms with Crippen molar-refractivity contribution in [2.75, 3.05) is 0 Å². The molecule has 2 rings (SSSR count). The van der Waals surface area contributed by atoms with Gasteiger partial charge in [-0.2, -0.15) is 0 Å². The average molecular weight is 206 g/mol. The van der Waals surface area contributed by atoms with Crippen LogP contribution in [0.25, 0.3) is 0 Å². The quantitative estimate of drug-likeness (QED) is 0.698. The van der Waals surface area contributed by atoms with Gasteiger partial charge in [-0.1, -0.05) is 31.5 Å². The van der Waals surface area contributed by atoms with Crippen LogP contribution < -0.4 is 0 Å². The number of hydrogen-bond donors (Lipinski definition) is 0. The van der Waals surface area contributed by atoms with Gasteiger partial charge in [-0.3, -0.25) is 0 Å². The van der Waals surface area contributed by atoms with Gasteiger partial charge in [0.1, 0.15) is 6.10 Å². The normalized spacial score (nSPS) is 19.2. The maximum absolute atomic E-state index is 5.67. The lowest BCUT2D eigenvalue weighted by Gasteiger charge is -2.09. The molecule has 0 N–H and O–H groups in total. The van der Waals surface area contributed by atoms with E-state index in [1.165, 1.54) is 18.4 Å². The second kappa shape index (κ2) is 4.09. The zero-order valence-corrected chi connectivity index (χ0v) is 9.14. The van der Waals surface area contributed by atoms with E-state index in [2.05, 4.69) is 19.1 Å². The number of rotatable bonds is 3. The minimum absolute atomic E-state index is 0.207. The average Bonchev–Trinajstić information content (AvgIpc) is 2.54. The zero-order chi connectivity index (χ0) is 9.97. The standard InChI is InChI=1S/C12H14OS/c1-2-3-8-11-9-6-4-5-7-10(9)12(14)13-11/h4-7,11H,2-3,8H2,1H3. The van der Waals surface area contributed by atoms with Gasteiger partial charge in [0.15, 0.2) is 5.05 Å². The molecule has 1 aromatic rings. The van der Waals surface area contributed by atoms with Crippen LogP contribution in [0.4, 0.5) is 0 Å². The molecule has 0 amide bonds. The highest BCUT2D eigenvalue weighted by molar-refractivity contribution is 7.80. The summed E-state index contributed by atoms with van der Waals surface area (Å²) in [5, 5.41) is 0.668. The molecule has 1 aliphatic heterocycles. The van der Waals surface area contributed by atoms with E-state index in [1.54, 1.807) is 0 Å². The number of ether oxygens (including phenoxy) is 1. The summed E-state index contributed by atoms with van der Waals surface area (Å²) in [5.74, 6) is 0. The highest BCUT2D eigenvalue weighted by Crippen LogP contribution is 2.34. The second-order valence-electron chi connectivity index (χ2n) is 3.62. The number of fused-ring (bicyclic) bond motifs is 1. The summed E-state index contributed by atoms with van der Waals surface area (Å²) >= 11 is 5.18. The molecule has 0 fully saturated rings. The molecule has 14 heavy (non-hydrogen) atoms. The molecule has 0 saturated heterocycles. The Balaban J connectivity index is 2.21. The Morgan fingerprint density at radius 1 is 1.36 bits per heavy atom. The summed E-state index contributed by atoms with van der Waals surface area (Å²) in [6.07, 6.45) is 3.68. The van der Waals surface area contributed by atoms with Crippen LogP contribution in [0.15, 0.2) is 24.3 Å². The van der Waals surface area contributed by atoms with Gasteiger partial charge in [0.05, 0.1) is 0 Å². The first kappa shape index (κ1) is 9.66. The zero-order valence-electron chi connectivity index (χ0n) is 8.32. The van der Waals surface area contributed by atoms with Gasteiger partial charge in [0, 0.05) is 11.1 Å². The summed E-state index contributed by atoms with van der Waals surface area (Å²) in [5.41, 5.74) is 2.38. The Morgan fingerprint density at radius 3 is 2.93 bits per heavy atom. The van der Waals surface area contributed by atoms with Gasteiger partial charge < -0.3 is 4.74 Å². The molecule has 0 saturated carbocycles. The second-order valence-corrected chi connectivity index (χ2v) is 3.99. The number of hydrogen-bond acceptors (Lipinski definition) is 2. The first-order chi connectivity index (χ1) is 6.83. The molecule has 1 atom stereocenters. The van der Waals surface area contributed by atoms with Crippen LogP contribution >= 0.6 is 12.2 Å². The molecule has 1 unspecified atom stereocenters. The molecule has 1 aromatic carbocycles. The topological polar surface area (TPSA) is 9.23 Å². The van der Waals surface area contributed by atoms with Crippen LogP contribution in [0.5, 0.6) is 0 Å². The van der Waals surface area contributed by atoms with Gasteiger partial charge in [0.2, 0.25) is 0 Å². The van der Waals surface area contributed by atoms with Crippen LogP contribution in [-0.2, 0) is 4.74 Å². The Kier molecular flexibility index (Phi) is 2.82. The molecule has 0 aromatic heterocycles. The predicted molar refractivity (Wildman–Crippen MR) is 61.5 cm³/mol. The minimum Gasteiger partial charge on any atom is -0.475 e. The summed E-state index contributed by atoms with van der Waals surface area (Å²) in [6, 6.07) is 8.23. The van der Waals surface area contributed by atoms with E-state index in [9.17, 15) is 0 Å². The highest BCUT2D eigenvalue weighted by Gasteiger charge is 2.26. The van der Waals surface area contributed by atoms with E-state index in [0.29, 0.717) is 5.05 Å². The van der Waals surface area contributed by atoms with Crippen molar-refractivity contribution in [1.29, 1.82) is 0 Å². The van der Waals surface area contributed by atoms with Crippen molar-refractivity contribution >= 4 is 17.3 Å². The van der Waals surface area contributed by atoms with E-state index in [-0.39, 0.29) is 6.10 Å². The predicted octanol–water partition coefficient (Wildman–Crippen LogP) is 3.62.